The van der Waals surface area contributed by atoms with Crippen molar-refractivity contribution in [1.82, 2.24) is 4.31 Å². The molecule has 0 bridgehead atoms. The van der Waals surface area contributed by atoms with Crippen molar-refractivity contribution in [3.63, 3.8) is 0 Å². The van der Waals surface area contributed by atoms with Gasteiger partial charge in [0.1, 0.15) is 5.82 Å². The van der Waals surface area contributed by atoms with Gasteiger partial charge in [-0.15, -0.1) is 11.3 Å². The molecule has 0 saturated heterocycles. The largest absolute Gasteiger partial charge is 0.392 e. The Labute approximate surface area is 135 Å². The van der Waals surface area contributed by atoms with E-state index in [0.717, 1.165) is 21.5 Å². The number of rotatable bonds is 5. The molecule has 0 atom stereocenters. The third-order valence-electron chi connectivity index (χ3n) is 2.90. The van der Waals surface area contributed by atoms with Crippen LogP contribution in [0, 0.1) is 5.82 Å². The molecule has 1 N–H and O–H groups in total. The first-order chi connectivity index (χ1) is 9.84. The quantitative estimate of drug-likeness (QED) is 0.849. The summed E-state index contributed by atoms with van der Waals surface area (Å²) >= 11 is 4.76. The van der Waals surface area contributed by atoms with Gasteiger partial charge in [0, 0.05) is 33.9 Å². The van der Waals surface area contributed by atoms with Crippen LogP contribution in [0.25, 0.3) is 0 Å². The molecule has 4 nitrogen and oxygen atoms in total. The molecule has 0 saturated carbocycles. The molecular weight excluding hydrogens is 381 g/mol. The maximum absolute atomic E-state index is 13.3. The Morgan fingerprint density at radius 2 is 2.10 bits per heavy atom. The molecule has 1 aromatic heterocycles. The van der Waals surface area contributed by atoms with Crippen LogP contribution in [0.1, 0.15) is 10.4 Å². The minimum Gasteiger partial charge on any atom is -0.392 e. The van der Waals surface area contributed by atoms with Crippen molar-refractivity contribution in [2.75, 3.05) is 7.05 Å². The lowest BCUT2D eigenvalue weighted by Gasteiger charge is -2.17. The zero-order valence-corrected chi connectivity index (χ0v) is 14.3. The maximum atomic E-state index is 13.3. The van der Waals surface area contributed by atoms with Crippen LogP contribution >= 0.6 is 27.3 Å². The Morgan fingerprint density at radius 1 is 1.38 bits per heavy atom. The number of thiophene rings is 1. The Hall–Kier alpha value is -0.800. The molecule has 2 rings (SSSR count). The van der Waals surface area contributed by atoms with Gasteiger partial charge in [0.15, 0.2) is 0 Å². The van der Waals surface area contributed by atoms with Gasteiger partial charge in [-0.3, -0.25) is 0 Å². The van der Waals surface area contributed by atoms with Crippen molar-refractivity contribution < 1.29 is 17.9 Å². The van der Waals surface area contributed by atoms with Crippen LogP contribution in [-0.2, 0) is 23.2 Å². The highest BCUT2D eigenvalue weighted by Gasteiger charge is 2.22. The van der Waals surface area contributed by atoms with Crippen LogP contribution in [0.5, 0.6) is 0 Å². The summed E-state index contributed by atoms with van der Waals surface area (Å²) in [7, 11) is -2.27. The van der Waals surface area contributed by atoms with Crippen molar-refractivity contribution in [3.05, 3.63) is 50.4 Å². The molecule has 0 spiro atoms. The topological polar surface area (TPSA) is 57.6 Å². The summed E-state index contributed by atoms with van der Waals surface area (Å²) in [5.74, 6) is -0.624. The minimum absolute atomic E-state index is 0.0360. The lowest BCUT2D eigenvalue weighted by molar-refractivity contribution is 0.275. The summed E-state index contributed by atoms with van der Waals surface area (Å²) in [6, 6.07) is 5.25. The first kappa shape index (κ1) is 16.6. The van der Waals surface area contributed by atoms with E-state index in [1.807, 2.05) is 11.4 Å². The third-order valence-corrected chi connectivity index (χ3v) is 6.38. The van der Waals surface area contributed by atoms with Crippen LogP contribution in [0.2, 0.25) is 0 Å². The number of aliphatic hydroxyl groups excluding tert-OH is 1. The monoisotopic (exact) mass is 393 g/mol. The third kappa shape index (κ3) is 3.70. The summed E-state index contributed by atoms with van der Waals surface area (Å²) < 4.78 is 40.3. The second-order valence-electron chi connectivity index (χ2n) is 4.40. The molecule has 1 aromatic carbocycles. The standard InChI is InChI=1S/C13H13BrFNO3S2/c1-16(6-11-5-10(14)8-20-11)21(18,19)12-2-3-13(15)9(4-12)7-17/h2-5,8,17H,6-7H2,1H3. The Morgan fingerprint density at radius 3 is 2.67 bits per heavy atom. The molecule has 0 aliphatic carbocycles. The molecule has 0 amide bonds. The molecular formula is C13H13BrFNO3S2. The van der Waals surface area contributed by atoms with Gasteiger partial charge < -0.3 is 5.11 Å². The highest BCUT2D eigenvalue weighted by molar-refractivity contribution is 9.10. The van der Waals surface area contributed by atoms with E-state index >= 15 is 0 Å². The molecule has 0 fully saturated rings. The van der Waals surface area contributed by atoms with E-state index in [1.54, 1.807) is 0 Å². The summed E-state index contributed by atoms with van der Waals surface area (Å²) in [4.78, 5) is 0.850. The van der Waals surface area contributed by atoms with Gasteiger partial charge >= 0.3 is 0 Å². The van der Waals surface area contributed by atoms with Crippen molar-refractivity contribution in [1.29, 1.82) is 0 Å². The van der Waals surface area contributed by atoms with Gasteiger partial charge in [0.25, 0.3) is 0 Å². The van der Waals surface area contributed by atoms with Gasteiger partial charge in [-0.05, 0) is 40.2 Å². The van der Waals surface area contributed by atoms with E-state index in [2.05, 4.69) is 15.9 Å². The highest BCUT2D eigenvalue weighted by atomic mass is 79.9. The predicted octanol–water partition coefficient (Wildman–Crippen LogP) is 2.96. The van der Waals surface area contributed by atoms with E-state index in [1.165, 1.54) is 28.8 Å². The zero-order valence-electron chi connectivity index (χ0n) is 11.1. The predicted molar refractivity (Wildman–Crippen MR) is 83.0 cm³/mol. The second kappa shape index (κ2) is 6.53. The second-order valence-corrected chi connectivity index (χ2v) is 8.36. The number of benzene rings is 1. The number of sulfonamides is 1. The molecule has 0 radical (unpaired) electrons. The van der Waals surface area contributed by atoms with Gasteiger partial charge in [-0.25, -0.2) is 12.8 Å². The zero-order chi connectivity index (χ0) is 15.6. The number of hydrogen-bond donors (Lipinski definition) is 1. The SMILES string of the molecule is CN(Cc1cc(Br)cs1)S(=O)(=O)c1ccc(F)c(CO)c1. The van der Waals surface area contributed by atoms with Crippen LogP contribution in [0.3, 0.4) is 0 Å². The van der Waals surface area contributed by atoms with Crippen molar-refractivity contribution >= 4 is 37.3 Å². The van der Waals surface area contributed by atoms with E-state index in [-0.39, 0.29) is 17.0 Å². The summed E-state index contributed by atoms with van der Waals surface area (Å²) in [5, 5.41) is 10.9. The van der Waals surface area contributed by atoms with Crippen LogP contribution in [-0.4, -0.2) is 24.9 Å². The van der Waals surface area contributed by atoms with Crippen LogP contribution in [0.15, 0.2) is 39.0 Å². The normalized spacial score (nSPS) is 12.0. The number of aliphatic hydroxyl groups is 1. The van der Waals surface area contributed by atoms with Gasteiger partial charge in [-0.1, -0.05) is 0 Å². The Balaban J connectivity index is 2.28. The van der Waals surface area contributed by atoms with Crippen LogP contribution in [0.4, 0.5) is 4.39 Å². The average molecular weight is 394 g/mol. The molecule has 1 heterocycles. The fraction of sp³-hybridized carbons (Fsp3) is 0.231. The fourth-order valence-corrected chi connectivity index (χ4v) is 4.54. The number of nitrogens with zero attached hydrogens (tertiary/aromatic N) is 1. The van der Waals surface area contributed by atoms with E-state index < -0.39 is 22.4 Å². The molecule has 114 valence electrons. The molecule has 8 heteroatoms. The summed E-state index contributed by atoms with van der Waals surface area (Å²) in [5.41, 5.74) is -0.0386. The van der Waals surface area contributed by atoms with E-state index in [9.17, 15) is 12.8 Å². The van der Waals surface area contributed by atoms with Gasteiger partial charge in [0.2, 0.25) is 10.0 Å². The molecule has 2 aromatic rings. The van der Waals surface area contributed by atoms with Crippen molar-refractivity contribution in [2.24, 2.45) is 0 Å². The van der Waals surface area contributed by atoms with Crippen LogP contribution < -0.4 is 0 Å². The molecule has 0 unspecified atom stereocenters. The maximum Gasteiger partial charge on any atom is 0.243 e. The molecule has 21 heavy (non-hydrogen) atoms. The molecule has 0 aliphatic rings. The Kier molecular flexibility index (Phi) is 5.15. The van der Waals surface area contributed by atoms with Crippen molar-refractivity contribution in [2.45, 2.75) is 18.0 Å². The van der Waals surface area contributed by atoms with E-state index in [4.69, 9.17) is 5.11 Å². The first-order valence-corrected chi connectivity index (χ1v) is 9.04. The minimum atomic E-state index is -3.73. The van der Waals surface area contributed by atoms with Gasteiger partial charge in [0.05, 0.1) is 11.5 Å². The number of hydrogen-bond acceptors (Lipinski definition) is 4. The smallest absolute Gasteiger partial charge is 0.243 e. The number of halogens is 2. The Bertz CT molecular complexity index is 746. The van der Waals surface area contributed by atoms with Gasteiger partial charge in [-0.2, -0.15) is 4.31 Å². The highest BCUT2D eigenvalue weighted by Crippen LogP contribution is 2.24. The lowest BCUT2D eigenvalue weighted by Crippen LogP contribution is -2.26. The summed E-state index contributed by atoms with van der Waals surface area (Å²) in [6.07, 6.45) is 0. The average Bonchev–Trinajstić information content (AvgIpc) is 2.84. The van der Waals surface area contributed by atoms with Crippen molar-refractivity contribution in [3.8, 4) is 0 Å². The molecule has 0 aliphatic heterocycles. The summed E-state index contributed by atoms with van der Waals surface area (Å²) in [6.45, 7) is -0.318. The fourth-order valence-electron chi connectivity index (χ4n) is 1.75. The first-order valence-electron chi connectivity index (χ1n) is 5.93. The lowest BCUT2D eigenvalue weighted by atomic mass is 10.2. The van der Waals surface area contributed by atoms with E-state index in [0.29, 0.717) is 0 Å².